The number of hydrogen-bond donors (Lipinski definition) is 1. The lowest BCUT2D eigenvalue weighted by Crippen LogP contribution is -2.43. The number of aryl methyl sites for hydroxylation is 1. The summed E-state index contributed by atoms with van der Waals surface area (Å²) < 4.78 is 11.3. The summed E-state index contributed by atoms with van der Waals surface area (Å²) in [6.45, 7) is 8.91. The maximum absolute atomic E-state index is 5.99. The number of rotatable bonds is 5. The van der Waals surface area contributed by atoms with Crippen LogP contribution in [-0.2, 0) is 4.74 Å². The van der Waals surface area contributed by atoms with Gasteiger partial charge in [0.2, 0.25) is 11.8 Å². The summed E-state index contributed by atoms with van der Waals surface area (Å²) in [5.74, 6) is 3.91. The quantitative estimate of drug-likeness (QED) is 0.838. The molecular weight excluding hydrogens is 356 g/mol. The summed E-state index contributed by atoms with van der Waals surface area (Å²) in [5.41, 5.74) is 0. The molecule has 0 saturated carbocycles. The third-order valence-electron chi connectivity index (χ3n) is 5.67. The Balaban J connectivity index is 1.39. The summed E-state index contributed by atoms with van der Waals surface area (Å²) in [4.78, 5) is 15.9. The monoisotopic (exact) mass is 386 g/mol. The van der Waals surface area contributed by atoms with Gasteiger partial charge in [0, 0.05) is 31.8 Å². The van der Waals surface area contributed by atoms with Crippen LogP contribution in [-0.4, -0.2) is 52.0 Å². The van der Waals surface area contributed by atoms with E-state index >= 15 is 0 Å². The van der Waals surface area contributed by atoms with E-state index in [4.69, 9.17) is 14.2 Å². The molecule has 152 valence electrons. The highest BCUT2D eigenvalue weighted by Crippen LogP contribution is 2.29. The molecule has 2 aromatic heterocycles. The van der Waals surface area contributed by atoms with Crippen LogP contribution < -0.4 is 10.2 Å². The van der Waals surface area contributed by atoms with Gasteiger partial charge in [-0.05, 0) is 44.6 Å². The number of aromatic nitrogens is 4. The lowest BCUT2D eigenvalue weighted by atomic mass is 9.94. The summed E-state index contributed by atoms with van der Waals surface area (Å²) in [6, 6.07) is 2.24. The Morgan fingerprint density at radius 2 is 2.00 bits per heavy atom. The highest BCUT2D eigenvalue weighted by molar-refractivity contribution is 5.42. The smallest absolute Gasteiger partial charge is 0.229 e. The fraction of sp³-hybridized carbons (Fsp3) is 0.700. The van der Waals surface area contributed by atoms with Gasteiger partial charge in [-0.15, -0.1) is 0 Å². The Labute approximate surface area is 166 Å². The minimum Gasteiger partial charge on any atom is -0.376 e. The second-order valence-electron chi connectivity index (χ2n) is 8.16. The summed E-state index contributed by atoms with van der Waals surface area (Å²) in [7, 11) is 0. The van der Waals surface area contributed by atoms with Crippen molar-refractivity contribution in [2.24, 2.45) is 5.92 Å². The van der Waals surface area contributed by atoms with Gasteiger partial charge in [0.15, 0.2) is 5.82 Å². The van der Waals surface area contributed by atoms with Gasteiger partial charge in [-0.25, -0.2) is 4.98 Å². The number of nitrogens with one attached hydrogen (secondary N) is 1. The van der Waals surface area contributed by atoms with E-state index in [9.17, 15) is 0 Å². The Morgan fingerprint density at radius 1 is 1.18 bits per heavy atom. The predicted octanol–water partition coefficient (Wildman–Crippen LogP) is 3.17. The first-order chi connectivity index (χ1) is 13.6. The second-order valence-corrected chi connectivity index (χ2v) is 8.16. The molecule has 8 nitrogen and oxygen atoms in total. The molecule has 0 amide bonds. The molecule has 0 bridgehead atoms. The molecule has 0 aliphatic carbocycles. The van der Waals surface area contributed by atoms with Crippen molar-refractivity contribution in [2.75, 3.05) is 29.9 Å². The Bertz CT molecular complexity index is 772. The first-order valence-electron chi connectivity index (χ1n) is 10.4. The van der Waals surface area contributed by atoms with Gasteiger partial charge in [0.25, 0.3) is 0 Å². The lowest BCUT2D eigenvalue weighted by Gasteiger charge is -2.35. The Kier molecular flexibility index (Phi) is 5.75. The van der Waals surface area contributed by atoms with Crippen molar-refractivity contribution < 1.29 is 9.26 Å². The molecule has 0 spiro atoms. The van der Waals surface area contributed by atoms with Crippen molar-refractivity contribution in [3.8, 4) is 0 Å². The molecule has 28 heavy (non-hydrogen) atoms. The molecule has 2 unspecified atom stereocenters. The third-order valence-corrected chi connectivity index (χ3v) is 5.67. The van der Waals surface area contributed by atoms with E-state index in [0.717, 1.165) is 63.0 Å². The van der Waals surface area contributed by atoms with Crippen LogP contribution in [0, 0.1) is 12.8 Å². The van der Waals surface area contributed by atoms with Gasteiger partial charge >= 0.3 is 0 Å². The van der Waals surface area contributed by atoms with Crippen molar-refractivity contribution in [3.63, 3.8) is 0 Å². The summed E-state index contributed by atoms with van der Waals surface area (Å²) >= 11 is 0. The highest BCUT2D eigenvalue weighted by atomic mass is 16.5. The van der Waals surface area contributed by atoms with Crippen molar-refractivity contribution in [1.29, 1.82) is 0 Å². The van der Waals surface area contributed by atoms with Gasteiger partial charge in [-0.3, -0.25) is 0 Å². The SMILES string of the molecule is Cc1noc(C2CCN(c3nccc(NC4CCCOC4C(C)C)n3)CC2)n1. The molecule has 4 heterocycles. The fourth-order valence-electron chi connectivity index (χ4n) is 4.19. The zero-order valence-corrected chi connectivity index (χ0v) is 17.0. The lowest BCUT2D eigenvalue weighted by molar-refractivity contribution is -0.0203. The second kappa shape index (κ2) is 8.43. The van der Waals surface area contributed by atoms with E-state index in [1.807, 2.05) is 19.2 Å². The summed E-state index contributed by atoms with van der Waals surface area (Å²) in [6.07, 6.45) is 6.19. The van der Waals surface area contributed by atoms with Gasteiger partial charge in [0.05, 0.1) is 12.1 Å². The molecule has 2 fully saturated rings. The van der Waals surface area contributed by atoms with Crippen LogP contribution in [0.15, 0.2) is 16.8 Å². The molecule has 1 N–H and O–H groups in total. The van der Waals surface area contributed by atoms with Crippen molar-refractivity contribution in [1.82, 2.24) is 20.1 Å². The van der Waals surface area contributed by atoms with Gasteiger partial charge < -0.3 is 19.5 Å². The van der Waals surface area contributed by atoms with Crippen LogP contribution >= 0.6 is 0 Å². The standard InChI is InChI=1S/C20H30N6O2/c1-13(2)18-16(5-4-12-27-18)23-17-6-9-21-20(24-17)26-10-7-15(8-11-26)19-22-14(3)25-28-19/h6,9,13,15-16,18H,4-5,7-8,10-12H2,1-3H3,(H,21,23,24). The number of hydrogen-bond acceptors (Lipinski definition) is 8. The van der Waals surface area contributed by atoms with Crippen molar-refractivity contribution in [2.45, 2.75) is 64.5 Å². The molecule has 2 aliphatic heterocycles. The number of anilines is 2. The highest BCUT2D eigenvalue weighted by Gasteiger charge is 2.29. The molecule has 8 heteroatoms. The Morgan fingerprint density at radius 3 is 2.71 bits per heavy atom. The minimum atomic E-state index is 0.223. The maximum Gasteiger partial charge on any atom is 0.229 e. The van der Waals surface area contributed by atoms with E-state index in [1.54, 1.807) is 0 Å². The van der Waals surface area contributed by atoms with Gasteiger partial charge in [-0.2, -0.15) is 9.97 Å². The zero-order valence-electron chi connectivity index (χ0n) is 17.0. The molecule has 0 radical (unpaired) electrons. The molecule has 2 saturated heterocycles. The van der Waals surface area contributed by atoms with Crippen LogP contribution in [0.3, 0.4) is 0 Å². The number of ether oxygens (including phenoxy) is 1. The first-order valence-corrected chi connectivity index (χ1v) is 10.4. The molecule has 0 aromatic carbocycles. The number of piperidine rings is 1. The zero-order chi connectivity index (χ0) is 19.5. The van der Waals surface area contributed by atoms with Crippen LogP contribution in [0.1, 0.15) is 57.2 Å². The topological polar surface area (TPSA) is 89.2 Å². The fourth-order valence-corrected chi connectivity index (χ4v) is 4.19. The van der Waals surface area contributed by atoms with E-state index in [2.05, 4.69) is 39.2 Å². The third kappa shape index (κ3) is 4.27. The van der Waals surface area contributed by atoms with Crippen LogP contribution in [0.25, 0.3) is 0 Å². The molecule has 4 rings (SSSR count). The van der Waals surface area contributed by atoms with Crippen LogP contribution in [0.4, 0.5) is 11.8 Å². The van der Waals surface area contributed by atoms with Crippen LogP contribution in [0.5, 0.6) is 0 Å². The van der Waals surface area contributed by atoms with Crippen molar-refractivity contribution >= 4 is 11.8 Å². The summed E-state index contributed by atoms with van der Waals surface area (Å²) in [5, 5.41) is 7.50. The predicted molar refractivity (Wildman–Crippen MR) is 106 cm³/mol. The minimum absolute atomic E-state index is 0.223. The largest absolute Gasteiger partial charge is 0.376 e. The average Bonchev–Trinajstić information content (AvgIpc) is 3.15. The first kappa shape index (κ1) is 19.1. The van der Waals surface area contributed by atoms with E-state index in [-0.39, 0.29) is 6.10 Å². The maximum atomic E-state index is 5.99. The van der Waals surface area contributed by atoms with Crippen LogP contribution in [0.2, 0.25) is 0 Å². The average molecular weight is 387 g/mol. The normalized spacial score (nSPS) is 23.9. The molecule has 2 aliphatic rings. The van der Waals surface area contributed by atoms with E-state index in [0.29, 0.717) is 23.7 Å². The van der Waals surface area contributed by atoms with E-state index < -0.39 is 0 Å². The number of nitrogens with zero attached hydrogens (tertiary/aromatic N) is 5. The molecule has 2 atom stereocenters. The van der Waals surface area contributed by atoms with E-state index in [1.165, 1.54) is 0 Å². The van der Waals surface area contributed by atoms with Gasteiger partial charge in [-0.1, -0.05) is 19.0 Å². The Hall–Kier alpha value is -2.22. The molecular formula is C20H30N6O2. The van der Waals surface area contributed by atoms with Gasteiger partial charge in [0.1, 0.15) is 5.82 Å². The van der Waals surface area contributed by atoms with Crippen molar-refractivity contribution in [3.05, 3.63) is 24.0 Å². The molecule has 2 aromatic rings.